The highest BCUT2D eigenvalue weighted by atomic mass is 16.1. The molecule has 1 heterocycles. The normalized spacial score (nSPS) is 19.9. The summed E-state index contributed by atoms with van der Waals surface area (Å²) in [6, 6.07) is 9.02. The number of hydrogen-bond donors (Lipinski definition) is 2. The molecule has 0 aromatic heterocycles. The molecular weight excluding hydrogens is 250 g/mol. The van der Waals surface area contributed by atoms with Gasteiger partial charge < -0.3 is 10.6 Å². The number of piperidine rings is 1. The molecule has 1 aliphatic heterocycles. The quantitative estimate of drug-likeness (QED) is 0.884. The number of rotatable bonds is 4. The summed E-state index contributed by atoms with van der Waals surface area (Å²) in [6.07, 6.45) is 2.96. The van der Waals surface area contributed by atoms with Crippen LogP contribution >= 0.6 is 0 Å². The molecule has 0 bridgehead atoms. The van der Waals surface area contributed by atoms with Crippen LogP contribution in [0.1, 0.15) is 31.7 Å². The number of benzene rings is 1. The Bertz CT molecular complexity index is 483. The molecule has 0 saturated carbocycles. The minimum atomic E-state index is 0.0489. The predicted molar refractivity (Wildman–Crippen MR) is 79.2 cm³/mol. The lowest BCUT2D eigenvalue weighted by atomic mass is 9.85. The second-order valence-electron chi connectivity index (χ2n) is 5.53. The standard InChI is InChI=1S/C16H21N3O/c1-12(14-3-2-8-18-11-14)9-16(20)19-15-6-4-13(10-17)5-7-15/h4-7,12,14,18H,2-3,8-9,11H2,1H3,(H,19,20). The van der Waals surface area contributed by atoms with E-state index in [1.807, 2.05) is 0 Å². The van der Waals surface area contributed by atoms with Crippen molar-refractivity contribution in [3.05, 3.63) is 29.8 Å². The summed E-state index contributed by atoms with van der Waals surface area (Å²) in [6.45, 7) is 4.27. The number of nitriles is 1. The average Bonchev–Trinajstić information content (AvgIpc) is 2.49. The molecular formula is C16H21N3O. The largest absolute Gasteiger partial charge is 0.326 e. The van der Waals surface area contributed by atoms with E-state index in [4.69, 9.17) is 5.26 Å². The zero-order chi connectivity index (χ0) is 14.4. The summed E-state index contributed by atoms with van der Waals surface area (Å²) >= 11 is 0. The summed E-state index contributed by atoms with van der Waals surface area (Å²) in [7, 11) is 0. The van der Waals surface area contributed by atoms with Gasteiger partial charge in [0.2, 0.25) is 5.91 Å². The monoisotopic (exact) mass is 271 g/mol. The Morgan fingerprint density at radius 3 is 2.85 bits per heavy atom. The van der Waals surface area contributed by atoms with Gasteiger partial charge in [-0.1, -0.05) is 6.92 Å². The van der Waals surface area contributed by atoms with Gasteiger partial charge in [-0.3, -0.25) is 4.79 Å². The third-order valence-corrected chi connectivity index (χ3v) is 3.94. The predicted octanol–water partition coefficient (Wildman–Crippen LogP) is 2.52. The molecule has 1 aromatic carbocycles. The number of nitrogens with zero attached hydrogens (tertiary/aromatic N) is 1. The summed E-state index contributed by atoms with van der Waals surface area (Å²) in [5.74, 6) is 1.03. The van der Waals surface area contributed by atoms with Gasteiger partial charge in [-0.05, 0) is 62.0 Å². The van der Waals surface area contributed by atoms with Gasteiger partial charge >= 0.3 is 0 Å². The van der Waals surface area contributed by atoms with Crippen LogP contribution in [0.4, 0.5) is 5.69 Å². The lowest BCUT2D eigenvalue weighted by Gasteiger charge is -2.28. The van der Waals surface area contributed by atoms with E-state index >= 15 is 0 Å². The van der Waals surface area contributed by atoms with Crippen LogP contribution in [-0.2, 0) is 4.79 Å². The van der Waals surface area contributed by atoms with Crippen LogP contribution in [0.25, 0.3) is 0 Å². The van der Waals surface area contributed by atoms with Crippen LogP contribution in [0.3, 0.4) is 0 Å². The molecule has 0 radical (unpaired) electrons. The average molecular weight is 271 g/mol. The zero-order valence-electron chi connectivity index (χ0n) is 11.9. The fraction of sp³-hybridized carbons (Fsp3) is 0.500. The molecule has 1 aliphatic rings. The number of amides is 1. The molecule has 106 valence electrons. The van der Waals surface area contributed by atoms with Crippen molar-refractivity contribution in [2.24, 2.45) is 11.8 Å². The molecule has 4 nitrogen and oxygen atoms in total. The smallest absolute Gasteiger partial charge is 0.224 e. The molecule has 1 aromatic rings. The van der Waals surface area contributed by atoms with E-state index in [0.29, 0.717) is 23.8 Å². The number of hydrogen-bond acceptors (Lipinski definition) is 3. The van der Waals surface area contributed by atoms with Gasteiger partial charge in [-0.25, -0.2) is 0 Å². The van der Waals surface area contributed by atoms with Crippen molar-refractivity contribution in [1.29, 1.82) is 5.26 Å². The first kappa shape index (κ1) is 14.5. The number of anilines is 1. The molecule has 0 spiro atoms. The fourth-order valence-electron chi connectivity index (χ4n) is 2.66. The van der Waals surface area contributed by atoms with Crippen molar-refractivity contribution in [3.63, 3.8) is 0 Å². The highest BCUT2D eigenvalue weighted by Crippen LogP contribution is 2.23. The van der Waals surface area contributed by atoms with Gasteiger partial charge in [0.05, 0.1) is 11.6 Å². The summed E-state index contributed by atoms with van der Waals surface area (Å²) in [5.41, 5.74) is 1.35. The lowest BCUT2D eigenvalue weighted by molar-refractivity contribution is -0.117. The van der Waals surface area contributed by atoms with Crippen LogP contribution in [-0.4, -0.2) is 19.0 Å². The first-order valence-electron chi connectivity index (χ1n) is 7.20. The minimum absolute atomic E-state index is 0.0489. The highest BCUT2D eigenvalue weighted by molar-refractivity contribution is 5.90. The van der Waals surface area contributed by atoms with E-state index in [1.54, 1.807) is 24.3 Å². The van der Waals surface area contributed by atoms with E-state index in [-0.39, 0.29) is 5.91 Å². The number of carbonyl (C=O) groups is 1. The van der Waals surface area contributed by atoms with E-state index < -0.39 is 0 Å². The van der Waals surface area contributed by atoms with Crippen LogP contribution in [0.5, 0.6) is 0 Å². The second kappa shape index (κ2) is 7.06. The van der Waals surface area contributed by atoms with E-state index in [1.165, 1.54) is 12.8 Å². The van der Waals surface area contributed by atoms with Crippen molar-refractivity contribution >= 4 is 11.6 Å². The Morgan fingerprint density at radius 2 is 2.25 bits per heavy atom. The van der Waals surface area contributed by atoms with Gasteiger partial charge in [0.1, 0.15) is 0 Å². The topological polar surface area (TPSA) is 64.9 Å². The first-order valence-corrected chi connectivity index (χ1v) is 7.20. The maximum atomic E-state index is 12.0. The molecule has 1 fully saturated rings. The Kier molecular flexibility index (Phi) is 5.14. The molecule has 2 rings (SSSR count). The second-order valence-corrected chi connectivity index (χ2v) is 5.53. The van der Waals surface area contributed by atoms with Gasteiger partial charge in [0, 0.05) is 12.1 Å². The van der Waals surface area contributed by atoms with Crippen molar-refractivity contribution in [2.45, 2.75) is 26.2 Å². The molecule has 4 heteroatoms. The summed E-state index contributed by atoms with van der Waals surface area (Å²) in [5, 5.41) is 15.0. The number of carbonyl (C=O) groups excluding carboxylic acids is 1. The van der Waals surface area contributed by atoms with Gasteiger partial charge in [-0.2, -0.15) is 5.26 Å². The Balaban J connectivity index is 1.83. The van der Waals surface area contributed by atoms with Gasteiger partial charge in [-0.15, -0.1) is 0 Å². The van der Waals surface area contributed by atoms with E-state index in [2.05, 4.69) is 23.6 Å². The highest BCUT2D eigenvalue weighted by Gasteiger charge is 2.21. The van der Waals surface area contributed by atoms with Crippen LogP contribution < -0.4 is 10.6 Å². The van der Waals surface area contributed by atoms with E-state index in [0.717, 1.165) is 18.8 Å². The van der Waals surface area contributed by atoms with Crippen LogP contribution in [0.2, 0.25) is 0 Å². The van der Waals surface area contributed by atoms with Crippen LogP contribution in [0, 0.1) is 23.2 Å². The van der Waals surface area contributed by atoms with Crippen molar-refractivity contribution in [3.8, 4) is 6.07 Å². The summed E-state index contributed by atoms with van der Waals surface area (Å²) < 4.78 is 0. The molecule has 1 amide bonds. The Morgan fingerprint density at radius 1 is 1.50 bits per heavy atom. The molecule has 1 saturated heterocycles. The van der Waals surface area contributed by atoms with Gasteiger partial charge in [0.15, 0.2) is 0 Å². The first-order chi connectivity index (χ1) is 9.69. The van der Waals surface area contributed by atoms with E-state index in [9.17, 15) is 4.79 Å². The third-order valence-electron chi connectivity index (χ3n) is 3.94. The Labute approximate surface area is 120 Å². The lowest BCUT2D eigenvalue weighted by Crippen LogP contribution is -2.34. The third kappa shape index (κ3) is 4.07. The molecule has 0 aliphatic carbocycles. The van der Waals surface area contributed by atoms with Crippen molar-refractivity contribution in [2.75, 3.05) is 18.4 Å². The van der Waals surface area contributed by atoms with Crippen LogP contribution in [0.15, 0.2) is 24.3 Å². The SMILES string of the molecule is CC(CC(=O)Nc1ccc(C#N)cc1)C1CCCNC1. The van der Waals surface area contributed by atoms with Crippen molar-refractivity contribution < 1.29 is 4.79 Å². The fourth-order valence-corrected chi connectivity index (χ4v) is 2.66. The molecule has 2 unspecified atom stereocenters. The van der Waals surface area contributed by atoms with Gasteiger partial charge in [0.25, 0.3) is 0 Å². The maximum absolute atomic E-state index is 12.0. The molecule has 20 heavy (non-hydrogen) atoms. The number of nitrogens with one attached hydrogen (secondary N) is 2. The van der Waals surface area contributed by atoms with Crippen molar-refractivity contribution in [1.82, 2.24) is 5.32 Å². The molecule has 2 atom stereocenters. The summed E-state index contributed by atoms with van der Waals surface area (Å²) in [4.78, 5) is 12.0. The Hall–Kier alpha value is -1.86. The maximum Gasteiger partial charge on any atom is 0.224 e. The minimum Gasteiger partial charge on any atom is -0.326 e. The molecule has 2 N–H and O–H groups in total. The zero-order valence-corrected chi connectivity index (χ0v) is 11.9.